The molecule has 0 spiro atoms. The Balaban J connectivity index is 2.25. The maximum atomic E-state index is 5.87. The minimum atomic E-state index is -0.0312. The van der Waals surface area contributed by atoms with Crippen LogP contribution in [0.1, 0.15) is 26.3 Å². The molecule has 0 unspecified atom stereocenters. The van der Waals surface area contributed by atoms with Gasteiger partial charge < -0.3 is 4.57 Å². The molecule has 0 bridgehead atoms. The lowest BCUT2D eigenvalue weighted by Crippen LogP contribution is -2.22. The zero-order valence-corrected chi connectivity index (χ0v) is 13.4. The van der Waals surface area contributed by atoms with E-state index in [4.69, 9.17) is 16.6 Å². The number of para-hydroxylation sites is 2. The first-order chi connectivity index (χ1) is 10.0. The van der Waals surface area contributed by atoms with Crippen LogP contribution in [0, 0.1) is 0 Å². The van der Waals surface area contributed by atoms with Crippen LogP contribution in [0.2, 0.25) is 0 Å². The molecule has 3 aromatic rings. The van der Waals surface area contributed by atoms with Gasteiger partial charge in [0.15, 0.2) is 0 Å². The van der Waals surface area contributed by atoms with Gasteiger partial charge in [0.25, 0.3) is 0 Å². The van der Waals surface area contributed by atoms with E-state index in [1.54, 1.807) is 0 Å². The fraction of sp³-hybridized carbons (Fsp3) is 0.278. The number of nitrogens with zero attached hydrogens (tertiary/aromatic N) is 2. The highest BCUT2D eigenvalue weighted by Gasteiger charge is 2.21. The molecule has 0 N–H and O–H groups in total. The number of benzene rings is 2. The van der Waals surface area contributed by atoms with Crippen LogP contribution >= 0.6 is 11.6 Å². The number of aromatic nitrogens is 2. The number of hydrogen-bond acceptors (Lipinski definition) is 1. The van der Waals surface area contributed by atoms with Crippen LogP contribution in [0.3, 0.4) is 0 Å². The van der Waals surface area contributed by atoms with Crippen molar-refractivity contribution in [2.24, 2.45) is 0 Å². The number of halogens is 1. The Morgan fingerprint density at radius 3 is 2.29 bits per heavy atom. The lowest BCUT2D eigenvalue weighted by Gasteiger charge is -2.24. The maximum absolute atomic E-state index is 5.87. The molecule has 21 heavy (non-hydrogen) atoms. The Morgan fingerprint density at radius 2 is 1.67 bits per heavy atom. The summed E-state index contributed by atoms with van der Waals surface area (Å²) in [7, 11) is 0. The Bertz CT molecular complexity index is 764. The van der Waals surface area contributed by atoms with Gasteiger partial charge in [0.05, 0.1) is 11.0 Å². The Labute approximate surface area is 130 Å². The Hall–Kier alpha value is -1.80. The number of hydrogen-bond donors (Lipinski definition) is 0. The van der Waals surface area contributed by atoms with Gasteiger partial charge in [0, 0.05) is 17.0 Å². The lowest BCUT2D eigenvalue weighted by molar-refractivity contribution is 0.413. The highest BCUT2D eigenvalue weighted by Crippen LogP contribution is 2.31. The summed E-state index contributed by atoms with van der Waals surface area (Å²) < 4.78 is 2.30. The quantitative estimate of drug-likeness (QED) is 0.595. The van der Waals surface area contributed by atoms with E-state index in [0.29, 0.717) is 5.88 Å². The molecule has 0 atom stereocenters. The smallest absolute Gasteiger partial charge is 0.141 e. The van der Waals surface area contributed by atoms with Gasteiger partial charge in [-0.3, -0.25) is 0 Å². The molecule has 108 valence electrons. The molecular formula is C18H19ClN2. The summed E-state index contributed by atoms with van der Waals surface area (Å²) in [6.45, 7) is 6.62. The highest BCUT2D eigenvalue weighted by atomic mass is 35.5. The monoisotopic (exact) mass is 298 g/mol. The minimum absolute atomic E-state index is 0.0312. The molecule has 0 aliphatic heterocycles. The molecule has 0 amide bonds. The fourth-order valence-electron chi connectivity index (χ4n) is 2.64. The summed E-state index contributed by atoms with van der Waals surface area (Å²) in [6, 6.07) is 16.6. The fourth-order valence-corrected chi connectivity index (χ4v) is 2.82. The van der Waals surface area contributed by atoms with Gasteiger partial charge in [0.1, 0.15) is 5.82 Å². The molecular weight excluding hydrogens is 280 g/mol. The Morgan fingerprint density at radius 1 is 1.00 bits per heavy atom. The van der Waals surface area contributed by atoms with Crippen molar-refractivity contribution in [1.82, 2.24) is 9.55 Å². The van der Waals surface area contributed by atoms with E-state index >= 15 is 0 Å². The van der Waals surface area contributed by atoms with Crippen molar-refractivity contribution in [2.75, 3.05) is 0 Å². The second-order valence-electron chi connectivity index (χ2n) is 6.26. The van der Waals surface area contributed by atoms with Gasteiger partial charge in [-0.1, -0.05) is 36.4 Å². The first-order valence-corrected chi connectivity index (χ1v) is 7.67. The van der Waals surface area contributed by atoms with E-state index in [1.807, 2.05) is 6.07 Å². The van der Waals surface area contributed by atoms with Gasteiger partial charge in [-0.25, -0.2) is 4.98 Å². The summed E-state index contributed by atoms with van der Waals surface area (Å²) in [5.74, 6) is 1.54. The minimum Gasteiger partial charge on any atom is -0.319 e. The van der Waals surface area contributed by atoms with E-state index in [9.17, 15) is 0 Å². The summed E-state index contributed by atoms with van der Waals surface area (Å²) >= 11 is 5.87. The topological polar surface area (TPSA) is 17.8 Å². The lowest BCUT2D eigenvalue weighted by atomic mass is 10.1. The number of fused-ring (bicyclic) bond motifs is 1. The third-order valence-electron chi connectivity index (χ3n) is 3.60. The standard InChI is InChI=1S/C18H19ClN2/c1-18(2,3)21-16-7-5-4-6-15(16)20-17(21)14-10-8-13(12-19)9-11-14/h4-11H,12H2,1-3H3. The number of rotatable bonds is 2. The first-order valence-electron chi connectivity index (χ1n) is 7.14. The molecule has 0 saturated heterocycles. The zero-order chi connectivity index (χ0) is 15.0. The molecule has 0 aliphatic carbocycles. The average molecular weight is 299 g/mol. The van der Waals surface area contributed by atoms with Crippen LogP contribution < -0.4 is 0 Å². The predicted molar refractivity (Wildman–Crippen MR) is 89.7 cm³/mol. The number of imidazole rings is 1. The van der Waals surface area contributed by atoms with Crippen LogP contribution in [0.15, 0.2) is 48.5 Å². The van der Waals surface area contributed by atoms with Crippen molar-refractivity contribution in [3.8, 4) is 11.4 Å². The third kappa shape index (κ3) is 2.56. The molecule has 2 nitrogen and oxygen atoms in total. The molecule has 3 rings (SSSR count). The van der Waals surface area contributed by atoms with Crippen LogP contribution in [-0.2, 0) is 11.4 Å². The molecule has 0 fully saturated rings. The highest BCUT2D eigenvalue weighted by molar-refractivity contribution is 6.17. The van der Waals surface area contributed by atoms with E-state index in [1.165, 1.54) is 5.52 Å². The van der Waals surface area contributed by atoms with E-state index < -0.39 is 0 Å². The van der Waals surface area contributed by atoms with Gasteiger partial charge in [-0.15, -0.1) is 11.6 Å². The molecule has 2 aromatic carbocycles. The van der Waals surface area contributed by atoms with Gasteiger partial charge >= 0.3 is 0 Å². The van der Waals surface area contributed by atoms with E-state index in [-0.39, 0.29) is 5.54 Å². The van der Waals surface area contributed by atoms with Gasteiger partial charge in [-0.2, -0.15) is 0 Å². The summed E-state index contributed by atoms with van der Waals surface area (Å²) in [5.41, 5.74) is 4.41. The van der Waals surface area contributed by atoms with Crippen LogP contribution in [-0.4, -0.2) is 9.55 Å². The maximum Gasteiger partial charge on any atom is 0.141 e. The average Bonchev–Trinajstić information content (AvgIpc) is 2.86. The van der Waals surface area contributed by atoms with Crippen LogP contribution in [0.4, 0.5) is 0 Å². The summed E-state index contributed by atoms with van der Waals surface area (Å²) in [5, 5.41) is 0. The van der Waals surface area contributed by atoms with Crippen molar-refractivity contribution in [3.05, 3.63) is 54.1 Å². The summed E-state index contributed by atoms with van der Waals surface area (Å²) in [4.78, 5) is 4.83. The van der Waals surface area contributed by atoms with Crippen molar-refractivity contribution in [3.63, 3.8) is 0 Å². The normalized spacial score (nSPS) is 12.0. The van der Waals surface area contributed by atoms with Gasteiger partial charge in [-0.05, 0) is 38.5 Å². The molecule has 1 aromatic heterocycles. The molecule has 1 heterocycles. The van der Waals surface area contributed by atoms with Crippen molar-refractivity contribution in [1.29, 1.82) is 0 Å². The van der Waals surface area contributed by atoms with Crippen molar-refractivity contribution in [2.45, 2.75) is 32.2 Å². The zero-order valence-electron chi connectivity index (χ0n) is 12.6. The van der Waals surface area contributed by atoms with E-state index in [2.05, 4.69) is 67.8 Å². The SMILES string of the molecule is CC(C)(C)n1c(-c2ccc(CCl)cc2)nc2ccccc21. The van der Waals surface area contributed by atoms with E-state index in [0.717, 1.165) is 22.5 Å². The molecule has 0 radical (unpaired) electrons. The molecule has 3 heteroatoms. The van der Waals surface area contributed by atoms with Crippen molar-refractivity contribution < 1.29 is 0 Å². The second kappa shape index (κ2) is 5.19. The van der Waals surface area contributed by atoms with Crippen molar-refractivity contribution >= 4 is 22.6 Å². The number of alkyl halides is 1. The van der Waals surface area contributed by atoms with Gasteiger partial charge in [0.2, 0.25) is 0 Å². The first kappa shape index (κ1) is 14.2. The third-order valence-corrected chi connectivity index (χ3v) is 3.91. The summed E-state index contributed by atoms with van der Waals surface area (Å²) in [6.07, 6.45) is 0. The largest absolute Gasteiger partial charge is 0.319 e. The second-order valence-corrected chi connectivity index (χ2v) is 6.53. The van der Waals surface area contributed by atoms with Crippen LogP contribution in [0.25, 0.3) is 22.4 Å². The molecule has 0 aliphatic rings. The molecule has 0 saturated carbocycles. The Kier molecular flexibility index (Phi) is 3.50. The predicted octanol–water partition coefficient (Wildman–Crippen LogP) is 5.20. The van der Waals surface area contributed by atoms with Crippen LogP contribution in [0.5, 0.6) is 0 Å².